The zero-order chi connectivity index (χ0) is 15.7. The predicted molar refractivity (Wildman–Crippen MR) is 74.7 cm³/mol. The van der Waals surface area contributed by atoms with E-state index in [1.165, 1.54) is 6.39 Å². The van der Waals surface area contributed by atoms with Gasteiger partial charge in [0.05, 0.1) is 12.2 Å². The molecule has 7 nitrogen and oxygen atoms in total. The smallest absolute Gasteiger partial charge is 0.182 e. The summed E-state index contributed by atoms with van der Waals surface area (Å²) in [7, 11) is 0. The molecule has 1 aromatic carbocycles. The van der Waals surface area contributed by atoms with Crippen molar-refractivity contribution in [1.29, 1.82) is 0 Å². The zero-order valence-corrected chi connectivity index (χ0v) is 11.5. The fraction of sp³-hybridized carbons (Fsp3) is 0.400. The summed E-state index contributed by atoms with van der Waals surface area (Å²) in [6.45, 7) is -0.485. The second-order valence-corrected chi connectivity index (χ2v) is 5.03. The summed E-state index contributed by atoms with van der Waals surface area (Å²) in [5, 5.41) is 38.5. The molecule has 5 atom stereocenters. The third-order valence-corrected chi connectivity index (χ3v) is 3.60. The molecule has 0 amide bonds. The van der Waals surface area contributed by atoms with Crippen molar-refractivity contribution in [2.45, 2.75) is 30.5 Å². The van der Waals surface area contributed by atoms with E-state index in [0.29, 0.717) is 16.7 Å². The average molecular weight is 305 g/mol. The van der Waals surface area contributed by atoms with Crippen LogP contribution in [0.15, 0.2) is 29.0 Å². The maximum atomic E-state index is 9.92. The lowest BCUT2D eigenvalue weighted by atomic mass is 9.95. The highest BCUT2D eigenvalue weighted by atomic mass is 16.5. The van der Waals surface area contributed by atoms with Gasteiger partial charge in [0.1, 0.15) is 36.0 Å². The average Bonchev–Trinajstić information content (AvgIpc) is 3.01. The lowest BCUT2D eigenvalue weighted by molar-refractivity contribution is -0.214. The summed E-state index contributed by atoms with van der Waals surface area (Å²) >= 11 is 0. The van der Waals surface area contributed by atoms with Gasteiger partial charge >= 0.3 is 0 Å². The number of nitrogens with zero attached hydrogens (tertiary/aromatic N) is 1. The highest BCUT2D eigenvalue weighted by Crippen LogP contribution is 2.21. The molecule has 1 aliphatic heterocycles. The maximum absolute atomic E-state index is 9.92. The number of hydrogen-bond acceptors (Lipinski definition) is 7. The van der Waals surface area contributed by atoms with Crippen molar-refractivity contribution in [2.24, 2.45) is 0 Å². The van der Waals surface area contributed by atoms with Crippen molar-refractivity contribution < 1.29 is 29.6 Å². The Balaban J connectivity index is 1.88. The predicted octanol–water partition coefficient (Wildman–Crippen LogP) is -0.978. The molecule has 3 rings (SSSR count). The summed E-state index contributed by atoms with van der Waals surface area (Å²) in [5.74, 6) is 5.50. The summed E-state index contributed by atoms with van der Waals surface area (Å²) < 4.78 is 10.6. The Hall–Kier alpha value is -1.95. The summed E-state index contributed by atoms with van der Waals surface area (Å²) in [6.07, 6.45) is -4.90. The lowest BCUT2D eigenvalue weighted by Gasteiger charge is -2.37. The van der Waals surface area contributed by atoms with E-state index >= 15 is 0 Å². The molecule has 7 heteroatoms. The van der Waals surface area contributed by atoms with Crippen molar-refractivity contribution in [3.8, 4) is 11.8 Å². The third-order valence-electron chi connectivity index (χ3n) is 3.60. The number of aliphatic hydroxyl groups excluding tert-OH is 4. The number of ether oxygens (including phenoxy) is 1. The molecule has 1 saturated heterocycles. The van der Waals surface area contributed by atoms with Crippen molar-refractivity contribution in [2.75, 3.05) is 6.61 Å². The van der Waals surface area contributed by atoms with Gasteiger partial charge in [-0.05, 0) is 12.1 Å². The van der Waals surface area contributed by atoms with Crippen LogP contribution in [-0.4, -0.2) is 62.5 Å². The number of rotatable bonds is 1. The van der Waals surface area contributed by atoms with Crippen molar-refractivity contribution in [3.05, 3.63) is 30.2 Å². The van der Waals surface area contributed by atoms with Crippen molar-refractivity contribution in [3.63, 3.8) is 0 Å². The van der Waals surface area contributed by atoms with Crippen molar-refractivity contribution >= 4 is 11.1 Å². The molecule has 0 aliphatic carbocycles. The highest BCUT2D eigenvalue weighted by molar-refractivity contribution is 5.79. The van der Waals surface area contributed by atoms with E-state index in [-0.39, 0.29) is 0 Å². The van der Waals surface area contributed by atoms with E-state index in [2.05, 4.69) is 16.8 Å². The Bertz CT molecular complexity index is 715. The molecule has 2 aromatic rings. The Kier molecular flexibility index (Phi) is 4.11. The molecule has 0 unspecified atom stereocenters. The number of para-hydroxylation sites is 1. The Morgan fingerprint density at radius 2 is 1.95 bits per heavy atom. The number of fused-ring (bicyclic) bond motifs is 1. The molecule has 0 bridgehead atoms. The number of hydrogen-bond donors (Lipinski definition) is 4. The van der Waals surface area contributed by atoms with Crippen LogP contribution in [0.2, 0.25) is 0 Å². The topological polar surface area (TPSA) is 116 Å². The van der Waals surface area contributed by atoms with Gasteiger partial charge in [0.25, 0.3) is 0 Å². The van der Waals surface area contributed by atoms with Gasteiger partial charge in [-0.15, -0.1) is 0 Å². The van der Waals surface area contributed by atoms with Crippen LogP contribution in [0.25, 0.3) is 11.1 Å². The summed E-state index contributed by atoms with van der Waals surface area (Å²) in [4.78, 5) is 4.02. The second kappa shape index (κ2) is 6.04. The first-order valence-corrected chi connectivity index (χ1v) is 6.76. The van der Waals surface area contributed by atoms with Gasteiger partial charge in [-0.25, -0.2) is 4.98 Å². The van der Waals surface area contributed by atoms with Crippen LogP contribution in [-0.2, 0) is 4.74 Å². The zero-order valence-electron chi connectivity index (χ0n) is 11.5. The second-order valence-electron chi connectivity index (χ2n) is 5.03. The molecule has 2 heterocycles. The molecule has 1 fully saturated rings. The molecule has 0 saturated carbocycles. The number of benzene rings is 1. The molecule has 4 N–H and O–H groups in total. The molecule has 116 valence electrons. The first kappa shape index (κ1) is 15.0. The van der Waals surface area contributed by atoms with Crippen LogP contribution < -0.4 is 0 Å². The number of oxazole rings is 1. The Labute approximate surface area is 125 Å². The van der Waals surface area contributed by atoms with Crippen LogP contribution in [0.3, 0.4) is 0 Å². The van der Waals surface area contributed by atoms with Crippen LogP contribution in [0, 0.1) is 11.8 Å². The Morgan fingerprint density at radius 1 is 1.14 bits per heavy atom. The minimum atomic E-state index is -1.44. The number of aliphatic hydroxyl groups is 4. The van der Waals surface area contributed by atoms with Crippen LogP contribution >= 0.6 is 0 Å². The van der Waals surface area contributed by atoms with E-state index in [1.807, 2.05) is 0 Å². The van der Waals surface area contributed by atoms with Gasteiger partial charge in [0.2, 0.25) is 0 Å². The number of aromatic nitrogens is 1. The molecule has 0 radical (unpaired) electrons. The van der Waals surface area contributed by atoms with E-state index in [1.54, 1.807) is 18.2 Å². The maximum Gasteiger partial charge on any atom is 0.182 e. The standard InChI is InChI=1S/C15H15NO6/c17-6-11-13(19)14(20)12(18)10(22-11)5-4-8-2-1-3-9-15(8)21-7-16-9/h1-3,7,10-14,17-20H,6H2/t10-,11-,12-,13-,14-/m1/s1. The first-order valence-electron chi connectivity index (χ1n) is 6.76. The van der Waals surface area contributed by atoms with Crippen molar-refractivity contribution in [1.82, 2.24) is 4.98 Å². The van der Waals surface area contributed by atoms with E-state index in [9.17, 15) is 15.3 Å². The molecular formula is C15H15NO6. The molecule has 1 aromatic heterocycles. The quantitative estimate of drug-likeness (QED) is 0.500. The minimum absolute atomic E-state index is 0.485. The largest absolute Gasteiger partial charge is 0.442 e. The van der Waals surface area contributed by atoms with E-state index < -0.39 is 37.1 Å². The van der Waals surface area contributed by atoms with Gasteiger partial charge in [-0.3, -0.25) is 0 Å². The third kappa shape index (κ3) is 2.59. The summed E-state index contributed by atoms with van der Waals surface area (Å²) in [6, 6.07) is 5.27. The van der Waals surface area contributed by atoms with E-state index in [4.69, 9.17) is 14.3 Å². The normalized spacial score (nSPS) is 31.7. The SMILES string of the molecule is OC[C@H]1O[C@H](C#Cc2cccc3ncoc23)[C@@H](O)[C@@H](O)[C@@H]1O. The van der Waals surface area contributed by atoms with Gasteiger partial charge in [0, 0.05) is 0 Å². The first-order chi connectivity index (χ1) is 10.6. The van der Waals surface area contributed by atoms with Crippen LogP contribution in [0.5, 0.6) is 0 Å². The molecular weight excluding hydrogens is 290 g/mol. The highest BCUT2D eigenvalue weighted by Gasteiger charge is 2.42. The summed E-state index contributed by atoms with van der Waals surface area (Å²) in [5.41, 5.74) is 1.73. The van der Waals surface area contributed by atoms with Crippen LogP contribution in [0.4, 0.5) is 0 Å². The van der Waals surface area contributed by atoms with Gasteiger partial charge in [-0.1, -0.05) is 17.9 Å². The fourth-order valence-corrected chi connectivity index (χ4v) is 2.35. The molecule has 1 aliphatic rings. The molecule has 0 spiro atoms. The Morgan fingerprint density at radius 3 is 2.73 bits per heavy atom. The minimum Gasteiger partial charge on any atom is -0.442 e. The monoisotopic (exact) mass is 305 g/mol. The lowest BCUT2D eigenvalue weighted by Crippen LogP contribution is -2.58. The molecule has 22 heavy (non-hydrogen) atoms. The van der Waals surface area contributed by atoms with Gasteiger partial charge in [0.15, 0.2) is 12.0 Å². The van der Waals surface area contributed by atoms with Gasteiger partial charge in [-0.2, -0.15) is 0 Å². The van der Waals surface area contributed by atoms with Crippen LogP contribution in [0.1, 0.15) is 5.56 Å². The van der Waals surface area contributed by atoms with Gasteiger partial charge < -0.3 is 29.6 Å². The van der Waals surface area contributed by atoms with E-state index in [0.717, 1.165) is 0 Å². The fourth-order valence-electron chi connectivity index (χ4n) is 2.35.